The first kappa shape index (κ1) is 9.83. The molecule has 1 aliphatic rings. The highest BCUT2D eigenvalue weighted by atomic mass is 16.5. The average molecular weight is 205 g/mol. The van der Waals surface area contributed by atoms with E-state index in [2.05, 4.69) is 4.98 Å². The standard InChI is InChI=1S/C11H11NO3/c1-2-15-11(14)9-5-7-6-12-4-3-8(7)10(9)13/h3-4,6,9H,2,5H2,1H3. The minimum absolute atomic E-state index is 0.147. The van der Waals surface area contributed by atoms with Gasteiger partial charge in [-0.1, -0.05) is 0 Å². The van der Waals surface area contributed by atoms with E-state index < -0.39 is 11.9 Å². The minimum Gasteiger partial charge on any atom is -0.465 e. The number of aromatic nitrogens is 1. The van der Waals surface area contributed by atoms with Crippen molar-refractivity contribution in [1.29, 1.82) is 0 Å². The Hall–Kier alpha value is -1.71. The second-order valence-electron chi connectivity index (χ2n) is 3.41. The molecule has 0 amide bonds. The second-order valence-corrected chi connectivity index (χ2v) is 3.41. The van der Waals surface area contributed by atoms with Crippen molar-refractivity contribution in [3.8, 4) is 0 Å². The summed E-state index contributed by atoms with van der Waals surface area (Å²) in [5, 5.41) is 0. The molecule has 0 spiro atoms. The summed E-state index contributed by atoms with van der Waals surface area (Å²) in [6.45, 7) is 2.03. The monoisotopic (exact) mass is 205 g/mol. The molecule has 0 bridgehead atoms. The molecule has 1 aliphatic carbocycles. The fourth-order valence-corrected chi connectivity index (χ4v) is 1.76. The van der Waals surface area contributed by atoms with Crippen LogP contribution in [0.25, 0.3) is 0 Å². The Balaban J connectivity index is 2.24. The van der Waals surface area contributed by atoms with Crippen LogP contribution in [0.1, 0.15) is 22.8 Å². The lowest BCUT2D eigenvalue weighted by Crippen LogP contribution is -2.23. The highest BCUT2D eigenvalue weighted by molar-refractivity contribution is 6.12. The molecule has 1 unspecified atom stereocenters. The first-order valence-corrected chi connectivity index (χ1v) is 4.87. The zero-order chi connectivity index (χ0) is 10.8. The van der Waals surface area contributed by atoms with Crippen LogP contribution in [0.2, 0.25) is 0 Å². The van der Waals surface area contributed by atoms with Crippen LogP contribution in [0.5, 0.6) is 0 Å². The van der Waals surface area contributed by atoms with Crippen LogP contribution >= 0.6 is 0 Å². The molecule has 2 rings (SSSR count). The van der Waals surface area contributed by atoms with Crippen LogP contribution in [-0.2, 0) is 16.0 Å². The average Bonchev–Trinajstić information content (AvgIpc) is 2.57. The van der Waals surface area contributed by atoms with E-state index in [1.807, 2.05) is 0 Å². The molecule has 1 heterocycles. The maximum absolute atomic E-state index is 11.8. The van der Waals surface area contributed by atoms with Gasteiger partial charge in [0, 0.05) is 18.0 Å². The largest absolute Gasteiger partial charge is 0.465 e. The molecule has 0 aromatic carbocycles. The van der Waals surface area contributed by atoms with Crippen LogP contribution in [-0.4, -0.2) is 23.3 Å². The number of pyridine rings is 1. The van der Waals surface area contributed by atoms with Gasteiger partial charge in [0.05, 0.1) is 6.61 Å². The summed E-state index contributed by atoms with van der Waals surface area (Å²) in [5.74, 6) is -1.24. The first-order valence-electron chi connectivity index (χ1n) is 4.87. The number of nitrogens with zero attached hydrogens (tertiary/aromatic N) is 1. The summed E-state index contributed by atoms with van der Waals surface area (Å²) in [4.78, 5) is 27.2. The van der Waals surface area contributed by atoms with Gasteiger partial charge in [0.1, 0.15) is 5.92 Å². The van der Waals surface area contributed by atoms with Gasteiger partial charge in [-0.25, -0.2) is 0 Å². The minimum atomic E-state index is -0.663. The fraction of sp³-hybridized carbons (Fsp3) is 0.364. The summed E-state index contributed by atoms with van der Waals surface area (Å²) in [5.41, 5.74) is 1.43. The van der Waals surface area contributed by atoms with Gasteiger partial charge < -0.3 is 4.74 Å². The van der Waals surface area contributed by atoms with E-state index in [4.69, 9.17) is 4.74 Å². The molecule has 1 aromatic heterocycles. The van der Waals surface area contributed by atoms with E-state index in [1.54, 1.807) is 25.4 Å². The van der Waals surface area contributed by atoms with Crippen LogP contribution in [0, 0.1) is 5.92 Å². The highest BCUT2D eigenvalue weighted by Gasteiger charge is 2.36. The van der Waals surface area contributed by atoms with E-state index in [0.29, 0.717) is 18.6 Å². The van der Waals surface area contributed by atoms with Gasteiger partial charge in [-0.2, -0.15) is 0 Å². The van der Waals surface area contributed by atoms with Crippen molar-refractivity contribution in [2.24, 2.45) is 5.92 Å². The maximum Gasteiger partial charge on any atom is 0.317 e. The van der Waals surface area contributed by atoms with E-state index in [-0.39, 0.29) is 5.78 Å². The number of fused-ring (bicyclic) bond motifs is 1. The molecule has 0 saturated heterocycles. The van der Waals surface area contributed by atoms with Gasteiger partial charge in [-0.3, -0.25) is 14.6 Å². The number of ketones is 1. The quantitative estimate of drug-likeness (QED) is 0.534. The van der Waals surface area contributed by atoms with Crippen molar-refractivity contribution in [3.05, 3.63) is 29.6 Å². The third-order valence-electron chi connectivity index (χ3n) is 2.48. The molecule has 4 heteroatoms. The van der Waals surface area contributed by atoms with Crippen LogP contribution in [0.3, 0.4) is 0 Å². The first-order chi connectivity index (χ1) is 7.24. The molecule has 0 saturated carbocycles. The molecule has 0 radical (unpaired) electrons. The van der Waals surface area contributed by atoms with Gasteiger partial charge in [0.15, 0.2) is 5.78 Å². The number of ether oxygens (including phenoxy) is 1. The lowest BCUT2D eigenvalue weighted by Gasteiger charge is -2.05. The Labute approximate surface area is 87.3 Å². The second kappa shape index (κ2) is 3.81. The van der Waals surface area contributed by atoms with Gasteiger partial charge in [0.2, 0.25) is 0 Å². The third kappa shape index (κ3) is 1.63. The number of hydrogen-bond donors (Lipinski definition) is 0. The Bertz CT molecular complexity index is 414. The normalized spacial score (nSPS) is 18.7. The number of Topliss-reactive ketones (excluding diaryl/α,β-unsaturated/α-hetero) is 1. The van der Waals surface area contributed by atoms with E-state index in [0.717, 1.165) is 5.56 Å². The smallest absolute Gasteiger partial charge is 0.317 e. The van der Waals surface area contributed by atoms with Crippen molar-refractivity contribution in [2.45, 2.75) is 13.3 Å². The third-order valence-corrected chi connectivity index (χ3v) is 2.48. The van der Waals surface area contributed by atoms with Gasteiger partial charge in [-0.05, 0) is 25.0 Å². The maximum atomic E-state index is 11.8. The van der Waals surface area contributed by atoms with Crippen LogP contribution in [0.4, 0.5) is 0 Å². The van der Waals surface area contributed by atoms with Crippen molar-refractivity contribution in [1.82, 2.24) is 4.98 Å². The molecule has 4 nitrogen and oxygen atoms in total. The number of rotatable bonds is 2. The lowest BCUT2D eigenvalue weighted by molar-refractivity contribution is -0.145. The molecule has 1 aromatic rings. The summed E-state index contributed by atoms with van der Waals surface area (Å²) < 4.78 is 4.85. The molecule has 1 atom stereocenters. The van der Waals surface area contributed by atoms with Crippen LogP contribution < -0.4 is 0 Å². The van der Waals surface area contributed by atoms with E-state index in [1.165, 1.54) is 0 Å². The lowest BCUT2D eigenvalue weighted by atomic mass is 10.1. The predicted octanol–water partition coefficient (Wildman–Crippen LogP) is 1.000. The topological polar surface area (TPSA) is 56.3 Å². The molecule has 0 N–H and O–H groups in total. The highest BCUT2D eigenvalue weighted by Crippen LogP contribution is 2.26. The SMILES string of the molecule is CCOC(=O)C1Cc2cnccc2C1=O. The van der Waals surface area contributed by atoms with Crippen LogP contribution in [0.15, 0.2) is 18.5 Å². The van der Waals surface area contributed by atoms with E-state index >= 15 is 0 Å². The van der Waals surface area contributed by atoms with Gasteiger partial charge in [0.25, 0.3) is 0 Å². The zero-order valence-corrected chi connectivity index (χ0v) is 8.40. The van der Waals surface area contributed by atoms with E-state index in [9.17, 15) is 9.59 Å². The zero-order valence-electron chi connectivity index (χ0n) is 8.40. The van der Waals surface area contributed by atoms with Gasteiger partial charge in [-0.15, -0.1) is 0 Å². The summed E-state index contributed by atoms with van der Waals surface area (Å²) in [7, 11) is 0. The molecular formula is C11H11NO3. The summed E-state index contributed by atoms with van der Waals surface area (Å²) in [6.07, 6.45) is 3.61. The molecule has 0 fully saturated rings. The van der Waals surface area contributed by atoms with Crippen molar-refractivity contribution >= 4 is 11.8 Å². The molecular weight excluding hydrogens is 194 g/mol. The molecule has 78 valence electrons. The Kier molecular flexibility index (Phi) is 2.49. The summed E-state index contributed by atoms with van der Waals surface area (Å²) >= 11 is 0. The Morgan fingerprint density at radius 3 is 3.13 bits per heavy atom. The van der Waals surface area contributed by atoms with Crippen molar-refractivity contribution in [2.75, 3.05) is 6.61 Å². The number of carbonyl (C=O) groups excluding carboxylic acids is 2. The predicted molar refractivity (Wildman–Crippen MR) is 52.4 cm³/mol. The number of hydrogen-bond acceptors (Lipinski definition) is 4. The van der Waals surface area contributed by atoms with Gasteiger partial charge >= 0.3 is 5.97 Å². The Morgan fingerprint density at radius 2 is 2.47 bits per heavy atom. The number of esters is 1. The molecule has 0 aliphatic heterocycles. The fourth-order valence-electron chi connectivity index (χ4n) is 1.76. The van der Waals surface area contributed by atoms with Crippen molar-refractivity contribution in [3.63, 3.8) is 0 Å². The number of carbonyl (C=O) groups is 2. The Morgan fingerprint density at radius 1 is 1.67 bits per heavy atom. The molecule has 15 heavy (non-hydrogen) atoms. The summed E-state index contributed by atoms with van der Waals surface area (Å²) in [6, 6.07) is 1.65. The van der Waals surface area contributed by atoms with Crippen molar-refractivity contribution < 1.29 is 14.3 Å².